The highest BCUT2D eigenvalue weighted by Gasteiger charge is 2.25. The predicted octanol–water partition coefficient (Wildman–Crippen LogP) is 2.32. The first-order valence-corrected chi connectivity index (χ1v) is 8.73. The fraction of sp³-hybridized carbons (Fsp3) is 0.250. The van der Waals surface area contributed by atoms with Gasteiger partial charge in [-0.05, 0) is 31.5 Å². The zero-order valence-electron chi connectivity index (χ0n) is 15.2. The van der Waals surface area contributed by atoms with Crippen molar-refractivity contribution in [1.29, 1.82) is 0 Å². The summed E-state index contributed by atoms with van der Waals surface area (Å²) in [5.41, 5.74) is 2.29. The van der Waals surface area contributed by atoms with Crippen LogP contribution in [0.1, 0.15) is 21.6 Å². The number of pyridine rings is 1. The number of aromatic nitrogens is 3. The van der Waals surface area contributed by atoms with Gasteiger partial charge in [-0.3, -0.25) is 4.79 Å². The molecule has 27 heavy (non-hydrogen) atoms. The van der Waals surface area contributed by atoms with Crippen LogP contribution in [0.25, 0.3) is 5.82 Å². The summed E-state index contributed by atoms with van der Waals surface area (Å²) in [6.45, 7) is 2.25. The van der Waals surface area contributed by atoms with Gasteiger partial charge in [0, 0.05) is 11.8 Å². The smallest absolute Gasteiger partial charge is 0.255 e. The lowest BCUT2D eigenvalue weighted by molar-refractivity contribution is 0.0914. The number of amides is 1. The highest BCUT2D eigenvalue weighted by molar-refractivity contribution is 5.95. The van der Waals surface area contributed by atoms with E-state index >= 15 is 0 Å². The Bertz CT molecular complexity index is 969. The Morgan fingerprint density at radius 2 is 2.19 bits per heavy atom. The number of ether oxygens (including phenoxy) is 2. The van der Waals surface area contributed by atoms with Crippen molar-refractivity contribution in [3.63, 3.8) is 0 Å². The molecule has 0 saturated heterocycles. The molecule has 0 radical (unpaired) electrons. The van der Waals surface area contributed by atoms with Crippen LogP contribution in [0.4, 0.5) is 0 Å². The van der Waals surface area contributed by atoms with Gasteiger partial charge in [-0.2, -0.15) is 5.10 Å². The van der Waals surface area contributed by atoms with E-state index in [9.17, 15) is 4.79 Å². The number of nitrogens with one attached hydrogen (secondary N) is 1. The molecule has 0 spiro atoms. The average Bonchev–Trinajstić information content (AvgIpc) is 3.09. The zero-order chi connectivity index (χ0) is 18.8. The number of carbonyl (C=O) groups is 1. The van der Waals surface area contributed by atoms with Crippen LogP contribution in [-0.2, 0) is 6.42 Å². The number of carbonyl (C=O) groups excluding carboxylic acids is 1. The summed E-state index contributed by atoms with van der Waals surface area (Å²) in [6.07, 6.45) is 3.95. The Hall–Kier alpha value is -3.35. The SMILES string of the molecule is COc1cccc2c1OC[C@H](NC(=O)c1cnn(-c3ccccn3)c1C)C2. The molecular weight excluding hydrogens is 344 g/mol. The number of fused-ring (bicyclic) bond motifs is 1. The number of rotatable bonds is 4. The highest BCUT2D eigenvalue weighted by atomic mass is 16.5. The molecule has 2 aromatic heterocycles. The van der Waals surface area contributed by atoms with E-state index < -0.39 is 0 Å². The summed E-state index contributed by atoms with van der Waals surface area (Å²) in [4.78, 5) is 17.0. The third-order valence-electron chi connectivity index (χ3n) is 4.63. The fourth-order valence-electron chi connectivity index (χ4n) is 3.25. The summed E-state index contributed by atoms with van der Waals surface area (Å²) in [6, 6.07) is 11.2. The summed E-state index contributed by atoms with van der Waals surface area (Å²) in [7, 11) is 1.62. The van der Waals surface area contributed by atoms with Crippen LogP contribution < -0.4 is 14.8 Å². The predicted molar refractivity (Wildman–Crippen MR) is 99.5 cm³/mol. The third-order valence-corrected chi connectivity index (χ3v) is 4.63. The molecule has 1 N–H and O–H groups in total. The molecule has 0 fully saturated rings. The van der Waals surface area contributed by atoms with Gasteiger partial charge in [-0.15, -0.1) is 0 Å². The first-order valence-electron chi connectivity index (χ1n) is 8.73. The van der Waals surface area contributed by atoms with Crippen molar-refractivity contribution in [2.24, 2.45) is 0 Å². The van der Waals surface area contributed by atoms with Gasteiger partial charge in [0.2, 0.25) is 0 Å². The van der Waals surface area contributed by atoms with E-state index in [0.29, 0.717) is 30.2 Å². The average molecular weight is 364 g/mol. The molecule has 4 rings (SSSR count). The molecule has 0 aliphatic carbocycles. The number of hydrogen-bond donors (Lipinski definition) is 1. The van der Waals surface area contributed by atoms with Gasteiger partial charge in [0.25, 0.3) is 5.91 Å². The second-order valence-electron chi connectivity index (χ2n) is 6.38. The minimum atomic E-state index is -0.172. The Labute approximate surface area is 156 Å². The van der Waals surface area contributed by atoms with E-state index in [4.69, 9.17) is 9.47 Å². The lowest BCUT2D eigenvalue weighted by atomic mass is 10.0. The van der Waals surface area contributed by atoms with E-state index in [0.717, 1.165) is 17.0 Å². The first-order chi connectivity index (χ1) is 13.2. The van der Waals surface area contributed by atoms with Crippen LogP contribution in [0.5, 0.6) is 11.5 Å². The molecule has 7 heteroatoms. The zero-order valence-corrected chi connectivity index (χ0v) is 15.2. The van der Waals surface area contributed by atoms with E-state index in [1.807, 2.05) is 43.3 Å². The number of para-hydroxylation sites is 1. The van der Waals surface area contributed by atoms with Crippen molar-refractivity contribution in [3.05, 3.63) is 65.6 Å². The van der Waals surface area contributed by atoms with Gasteiger partial charge in [0.1, 0.15) is 6.61 Å². The number of hydrogen-bond acceptors (Lipinski definition) is 5. The fourth-order valence-corrected chi connectivity index (χ4v) is 3.25. The molecule has 1 aliphatic heterocycles. The molecule has 1 aromatic carbocycles. The molecule has 0 unspecified atom stereocenters. The van der Waals surface area contributed by atoms with Crippen LogP contribution in [0, 0.1) is 6.92 Å². The number of nitrogens with zero attached hydrogens (tertiary/aromatic N) is 3. The molecule has 1 aliphatic rings. The molecular formula is C20H20N4O3. The standard InChI is InChI=1S/C20H20N4O3/c1-13-16(11-22-24(13)18-8-3-4-9-21-18)20(25)23-15-10-14-6-5-7-17(26-2)19(14)27-12-15/h3-9,11,15H,10,12H2,1-2H3,(H,23,25)/t15-/m1/s1. The topological polar surface area (TPSA) is 78.3 Å². The Kier molecular flexibility index (Phi) is 4.50. The van der Waals surface area contributed by atoms with Crippen molar-refractivity contribution >= 4 is 5.91 Å². The van der Waals surface area contributed by atoms with Gasteiger partial charge in [-0.25, -0.2) is 9.67 Å². The maximum absolute atomic E-state index is 12.7. The molecule has 0 saturated carbocycles. The van der Waals surface area contributed by atoms with E-state index in [2.05, 4.69) is 15.4 Å². The van der Waals surface area contributed by atoms with Crippen molar-refractivity contribution in [3.8, 4) is 17.3 Å². The maximum Gasteiger partial charge on any atom is 0.255 e. The lowest BCUT2D eigenvalue weighted by Crippen LogP contribution is -2.42. The molecule has 1 amide bonds. The van der Waals surface area contributed by atoms with E-state index in [1.165, 1.54) is 0 Å². The minimum absolute atomic E-state index is 0.116. The van der Waals surface area contributed by atoms with Crippen LogP contribution in [-0.4, -0.2) is 40.4 Å². The Balaban J connectivity index is 1.50. The molecule has 7 nitrogen and oxygen atoms in total. The van der Waals surface area contributed by atoms with Crippen molar-refractivity contribution < 1.29 is 14.3 Å². The quantitative estimate of drug-likeness (QED) is 0.769. The summed E-state index contributed by atoms with van der Waals surface area (Å²) < 4.78 is 12.8. The first kappa shape index (κ1) is 17.1. The Morgan fingerprint density at radius 1 is 1.30 bits per heavy atom. The van der Waals surface area contributed by atoms with Gasteiger partial charge < -0.3 is 14.8 Å². The monoisotopic (exact) mass is 364 g/mol. The maximum atomic E-state index is 12.7. The van der Waals surface area contributed by atoms with Crippen LogP contribution in [0.15, 0.2) is 48.8 Å². The molecule has 138 valence electrons. The largest absolute Gasteiger partial charge is 0.493 e. The highest BCUT2D eigenvalue weighted by Crippen LogP contribution is 2.34. The van der Waals surface area contributed by atoms with E-state index in [-0.39, 0.29) is 11.9 Å². The van der Waals surface area contributed by atoms with Crippen molar-refractivity contribution in [2.45, 2.75) is 19.4 Å². The second-order valence-corrected chi connectivity index (χ2v) is 6.38. The Morgan fingerprint density at radius 3 is 2.96 bits per heavy atom. The van der Waals surface area contributed by atoms with E-state index in [1.54, 1.807) is 24.2 Å². The van der Waals surface area contributed by atoms with Crippen molar-refractivity contribution in [2.75, 3.05) is 13.7 Å². The van der Waals surface area contributed by atoms with Gasteiger partial charge >= 0.3 is 0 Å². The van der Waals surface area contributed by atoms with Crippen LogP contribution >= 0.6 is 0 Å². The molecule has 3 aromatic rings. The number of methoxy groups -OCH3 is 1. The van der Waals surface area contributed by atoms with Gasteiger partial charge in [0.05, 0.1) is 30.6 Å². The summed E-state index contributed by atoms with van der Waals surface area (Å²) in [5.74, 6) is 1.97. The molecule has 3 heterocycles. The summed E-state index contributed by atoms with van der Waals surface area (Å²) >= 11 is 0. The second kappa shape index (κ2) is 7.11. The minimum Gasteiger partial charge on any atom is -0.493 e. The lowest BCUT2D eigenvalue weighted by Gasteiger charge is -2.27. The summed E-state index contributed by atoms with van der Waals surface area (Å²) in [5, 5.41) is 7.34. The normalized spacial score (nSPS) is 15.6. The van der Waals surface area contributed by atoms with Crippen LogP contribution in [0.3, 0.4) is 0 Å². The molecule has 1 atom stereocenters. The third kappa shape index (κ3) is 3.23. The van der Waals surface area contributed by atoms with Gasteiger partial charge in [0.15, 0.2) is 17.3 Å². The van der Waals surface area contributed by atoms with Crippen LogP contribution in [0.2, 0.25) is 0 Å². The molecule has 0 bridgehead atoms. The van der Waals surface area contributed by atoms with Gasteiger partial charge in [-0.1, -0.05) is 18.2 Å². The number of benzene rings is 1. The van der Waals surface area contributed by atoms with Crippen molar-refractivity contribution in [1.82, 2.24) is 20.1 Å².